The predicted octanol–water partition coefficient (Wildman–Crippen LogP) is 2.74. The second kappa shape index (κ2) is 4.87. The molecule has 1 aliphatic rings. The second-order valence-electron chi connectivity index (χ2n) is 4.98. The monoisotopic (exact) mass is 333 g/mol. The number of pyridine rings is 1. The van der Waals surface area contributed by atoms with Crippen LogP contribution >= 0.6 is 15.9 Å². The number of hydrogen-bond donors (Lipinski definition) is 2. The van der Waals surface area contributed by atoms with Gasteiger partial charge in [-0.15, -0.1) is 0 Å². The molecule has 0 aromatic carbocycles. The van der Waals surface area contributed by atoms with Gasteiger partial charge in [-0.3, -0.25) is 9.89 Å². The summed E-state index contributed by atoms with van der Waals surface area (Å²) in [7, 11) is 0. The summed E-state index contributed by atoms with van der Waals surface area (Å²) in [5.41, 5.74) is -0.170. The van der Waals surface area contributed by atoms with Gasteiger partial charge in [0.2, 0.25) is 5.91 Å². The Morgan fingerprint density at radius 1 is 1.50 bits per heavy atom. The Bertz CT molecular complexity index is 711. The summed E-state index contributed by atoms with van der Waals surface area (Å²) < 4.78 is 0.665. The molecule has 6 nitrogen and oxygen atoms in total. The van der Waals surface area contributed by atoms with E-state index in [1.54, 1.807) is 12.3 Å². The van der Waals surface area contributed by atoms with Gasteiger partial charge in [0.05, 0.1) is 17.8 Å². The van der Waals surface area contributed by atoms with E-state index in [1.807, 2.05) is 0 Å². The molecular weight excluding hydrogens is 322 g/mol. The van der Waals surface area contributed by atoms with E-state index in [1.165, 1.54) is 0 Å². The van der Waals surface area contributed by atoms with Crippen molar-refractivity contribution in [3.8, 4) is 6.07 Å². The molecule has 0 aliphatic heterocycles. The average Bonchev–Trinajstić information content (AvgIpc) is 3.07. The quantitative estimate of drug-likeness (QED) is 0.826. The molecule has 0 bridgehead atoms. The number of carbonyl (C=O) groups excluding carboxylic acids is 1. The third-order valence-electron chi connectivity index (χ3n) is 3.75. The molecule has 0 atom stereocenters. The van der Waals surface area contributed by atoms with Crippen molar-refractivity contribution in [2.24, 2.45) is 5.41 Å². The SMILES string of the molecule is N#CC1(C(=O)Nc2n[nH]c3cnc(Br)cc23)CCCC1. The minimum Gasteiger partial charge on any atom is -0.307 e. The Morgan fingerprint density at radius 3 is 2.95 bits per heavy atom. The third kappa shape index (κ3) is 2.06. The van der Waals surface area contributed by atoms with Gasteiger partial charge in [0.25, 0.3) is 0 Å². The Hall–Kier alpha value is -1.94. The highest BCUT2D eigenvalue weighted by Crippen LogP contribution is 2.38. The van der Waals surface area contributed by atoms with Crippen molar-refractivity contribution in [1.29, 1.82) is 5.26 Å². The van der Waals surface area contributed by atoms with Crippen LogP contribution in [-0.4, -0.2) is 21.1 Å². The van der Waals surface area contributed by atoms with Crippen molar-refractivity contribution in [2.45, 2.75) is 25.7 Å². The van der Waals surface area contributed by atoms with Crippen LogP contribution in [0.15, 0.2) is 16.9 Å². The van der Waals surface area contributed by atoms with Gasteiger partial charge in [-0.05, 0) is 34.8 Å². The lowest BCUT2D eigenvalue weighted by atomic mass is 9.87. The fraction of sp³-hybridized carbons (Fsp3) is 0.385. The van der Waals surface area contributed by atoms with Crippen LogP contribution in [0.25, 0.3) is 10.9 Å². The van der Waals surface area contributed by atoms with Gasteiger partial charge in [-0.2, -0.15) is 10.4 Å². The van der Waals surface area contributed by atoms with Crippen LogP contribution in [-0.2, 0) is 4.79 Å². The highest BCUT2D eigenvalue weighted by molar-refractivity contribution is 9.10. The first-order chi connectivity index (χ1) is 9.64. The highest BCUT2D eigenvalue weighted by Gasteiger charge is 2.41. The van der Waals surface area contributed by atoms with Gasteiger partial charge in [0.15, 0.2) is 5.82 Å². The van der Waals surface area contributed by atoms with Gasteiger partial charge < -0.3 is 5.32 Å². The number of hydrogen-bond acceptors (Lipinski definition) is 4. The van der Waals surface area contributed by atoms with Crippen molar-refractivity contribution >= 4 is 38.6 Å². The highest BCUT2D eigenvalue weighted by atomic mass is 79.9. The van der Waals surface area contributed by atoms with Gasteiger partial charge in [0.1, 0.15) is 10.0 Å². The zero-order valence-electron chi connectivity index (χ0n) is 10.6. The standard InChI is InChI=1S/C13H12BrN5O/c14-10-5-8-9(6-16-10)18-19-11(8)17-12(20)13(7-15)3-1-2-4-13/h5-6H,1-4H2,(H2,17,18,19,20). The number of aromatic amines is 1. The molecule has 1 saturated carbocycles. The number of nitriles is 1. The van der Waals surface area contributed by atoms with Crippen molar-refractivity contribution in [2.75, 3.05) is 5.32 Å². The molecule has 0 unspecified atom stereocenters. The van der Waals surface area contributed by atoms with Crippen LogP contribution < -0.4 is 5.32 Å². The number of amides is 1. The third-order valence-corrected chi connectivity index (χ3v) is 4.19. The number of halogens is 1. The normalized spacial score (nSPS) is 17.0. The number of nitrogens with one attached hydrogen (secondary N) is 2. The number of H-pyrrole nitrogens is 1. The van der Waals surface area contributed by atoms with E-state index >= 15 is 0 Å². The van der Waals surface area contributed by atoms with Gasteiger partial charge in [0, 0.05) is 5.39 Å². The second-order valence-corrected chi connectivity index (χ2v) is 5.79. The van der Waals surface area contributed by atoms with E-state index in [0.29, 0.717) is 23.3 Å². The number of rotatable bonds is 2. The Labute approximate surface area is 123 Å². The molecule has 7 heteroatoms. The molecule has 2 N–H and O–H groups in total. The zero-order chi connectivity index (χ0) is 14.2. The molecule has 2 heterocycles. The van der Waals surface area contributed by atoms with E-state index in [9.17, 15) is 10.1 Å². The first kappa shape index (κ1) is 13.1. The van der Waals surface area contributed by atoms with E-state index in [4.69, 9.17) is 0 Å². The zero-order valence-corrected chi connectivity index (χ0v) is 12.2. The molecular formula is C13H12BrN5O. The molecule has 20 heavy (non-hydrogen) atoms. The lowest BCUT2D eigenvalue weighted by Gasteiger charge is -2.18. The lowest BCUT2D eigenvalue weighted by Crippen LogP contribution is -2.32. The molecule has 102 valence electrons. The smallest absolute Gasteiger partial charge is 0.246 e. The van der Waals surface area contributed by atoms with Crippen molar-refractivity contribution in [3.05, 3.63) is 16.9 Å². The largest absolute Gasteiger partial charge is 0.307 e. The average molecular weight is 334 g/mol. The predicted molar refractivity (Wildman–Crippen MR) is 76.7 cm³/mol. The topological polar surface area (TPSA) is 94.5 Å². The van der Waals surface area contributed by atoms with Gasteiger partial charge >= 0.3 is 0 Å². The number of carbonyl (C=O) groups is 1. The summed E-state index contributed by atoms with van der Waals surface area (Å²) in [6.07, 6.45) is 4.69. The summed E-state index contributed by atoms with van der Waals surface area (Å²) >= 11 is 3.29. The minimum atomic E-state index is -0.907. The van der Waals surface area contributed by atoms with E-state index in [0.717, 1.165) is 23.7 Å². The van der Waals surface area contributed by atoms with E-state index < -0.39 is 5.41 Å². The molecule has 0 saturated heterocycles. The minimum absolute atomic E-state index is 0.265. The number of aromatic nitrogens is 3. The van der Waals surface area contributed by atoms with E-state index in [2.05, 4.69) is 42.5 Å². The summed E-state index contributed by atoms with van der Waals surface area (Å²) in [6, 6.07) is 3.96. The molecule has 1 aliphatic carbocycles. The van der Waals surface area contributed by atoms with Gasteiger partial charge in [-0.25, -0.2) is 4.98 Å². The van der Waals surface area contributed by atoms with Crippen LogP contribution in [0.1, 0.15) is 25.7 Å². The molecule has 1 fully saturated rings. The maximum absolute atomic E-state index is 12.4. The summed E-state index contributed by atoms with van der Waals surface area (Å²) in [5, 5.41) is 19.8. The summed E-state index contributed by atoms with van der Waals surface area (Å²) in [4.78, 5) is 16.5. The summed E-state index contributed by atoms with van der Waals surface area (Å²) in [5.74, 6) is 0.174. The first-order valence-corrected chi connectivity index (χ1v) is 7.16. The van der Waals surface area contributed by atoms with Crippen molar-refractivity contribution in [3.63, 3.8) is 0 Å². The fourth-order valence-corrected chi connectivity index (χ4v) is 2.91. The Morgan fingerprint density at radius 2 is 2.25 bits per heavy atom. The first-order valence-electron chi connectivity index (χ1n) is 6.37. The van der Waals surface area contributed by atoms with Gasteiger partial charge in [-0.1, -0.05) is 12.8 Å². The number of fused-ring (bicyclic) bond motifs is 1. The van der Waals surface area contributed by atoms with Crippen LogP contribution in [0.2, 0.25) is 0 Å². The van der Waals surface area contributed by atoms with Crippen LogP contribution in [0.5, 0.6) is 0 Å². The molecule has 0 spiro atoms. The Balaban J connectivity index is 1.92. The molecule has 3 rings (SSSR count). The summed E-state index contributed by atoms with van der Waals surface area (Å²) in [6.45, 7) is 0. The maximum atomic E-state index is 12.4. The maximum Gasteiger partial charge on any atom is 0.246 e. The Kier molecular flexibility index (Phi) is 3.18. The number of anilines is 1. The number of nitrogens with zero attached hydrogens (tertiary/aromatic N) is 3. The molecule has 2 aromatic heterocycles. The van der Waals surface area contributed by atoms with Crippen molar-refractivity contribution < 1.29 is 4.79 Å². The van der Waals surface area contributed by atoms with Crippen LogP contribution in [0, 0.1) is 16.7 Å². The molecule has 1 amide bonds. The molecule has 0 radical (unpaired) electrons. The van der Waals surface area contributed by atoms with E-state index in [-0.39, 0.29) is 5.91 Å². The molecule has 2 aromatic rings. The van der Waals surface area contributed by atoms with Crippen LogP contribution in [0.3, 0.4) is 0 Å². The lowest BCUT2D eigenvalue weighted by molar-refractivity contribution is -0.122. The fourth-order valence-electron chi connectivity index (χ4n) is 2.58. The van der Waals surface area contributed by atoms with Crippen molar-refractivity contribution in [1.82, 2.24) is 15.2 Å². The van der Waals surface area contributed by atoms with Crippen LogP contribution in [0.4, 0.5) is 5.82 Å².